The quantitative estimate of drug-likeness (QED) is 0.639. The summed E-state index contributed by atoms with van der Waals surface area (Å²) in [6.45, 7) is 1.72. The van der Waals surface area contributed by atoms with Crippen molar-refractivity contribution in [2.75, 3.05) is 13.1 Å². The SMILES string of the molecule is O=C(/C=C/c1ccc(/C=C/c2cc(O)cc(O)c2)cc1)N1CCCCC1. The third-order valence-electron chi connectivity index (χ3n) is 4.42. The minimum atomic E-state index is 0.0310. The topological polar surface area (TPSA) is 60.8 Å². The molecule has 134 valence electrons. The maximum absolute atomic E-state index is 12.1. The Kier molecular flexibility index (Phi) is 5.74. The molecular formula is C22H23NO3. The van der Waals surface area contributed by atoms with Crippen LogP contribution in [0.5, 0.6) is 11.5 Å². The summed E-state index contributed by atoms with van der Waals surface area (Å²) in [7, 11) is 0. The molecule has 26 heavy (non-hydrogen) atoms. The summed E-state index contributed by atoms with van der Waals surface area (Å²) >= 11 is 0. The number of hydrogen-bond acceptors (Lipinski definition) is 3. The van der Waals surface area contributed by atoms with Crippen molar-refractivity contribution in [3.63, 3.8) is 0 Å². The molecule has 0 aromatic heterocycles. The molecule has 1 aliphatic rings. The first kappa shape index (κ1) is 17.8. The molecule has 0 saturated carbocycles. The smallest absolute Gasteiger partial charge is 0.246 e. The van der Waals surface area contributed by atoms with Gasteiger partial charge in [0.05, 0.1) is 0 Å². The summed E-state index contributed by atoms with van der Waals surface area (Å²) in [6.07, 6.45) is 10.6. The van der Waals surface area contributed by atoms with E-state index in [2.05, 4.69) is 0 Å². The van der Waals surface area contributed by atoms with E-state index in [1.807, 2.05) is 47.4 Å². The molecule has 0 aliphatic carbocycles. The average molecular weight is 349 g/mol. The van der Waals surface area contributed by atoms with E-state index in [1.165, 1.54) is 12.5 Å². The van der Waals surface area contributed by atoms with E-state index in [4.69, 9.17) is 0 Å². The fourth-order valence-electron chi connectivity index (χ4n) is 3.01. The number of rotatable bonds is 4. The highest BCUT2D eigenvalue weighted by atomic mass is 16.3. The molecule has 0 radical (unpaired) electrons. The van der Waals surface area contributed by atoms with E-state index < -0.39 is 0 Å². The third kappa shape index (κ3) is 4.99. The van der Waals surface area contributed by atoms with E-state index in [1.54, 1.807) is 18.2 Å². The van der Waals surface area contributed by atoms with Crippen molar-refractivity contribution in [1.82, 2.24) is 4.90 Å². The highest BCUT2D eigenvalue weighted by Gasteiger charge is 2.13. The molecule has 2 aromatic carbocycles. The molecule has 1 aliphatic heterocycles. The number of phenols is 2. The van der Waals surface area contributed by atoms with Gasteiger partial charge in [-0.25, -0.2) is 0 Å². The van der Waals surface area contributed by atoms with Crippen LogP contribution in [-0.2, 0) is 4.79 Å². The van der Waals surface area contributed by atoms with Crippen LogP contribution in [0, 0.1) is 0 Å². The Morgan fingerprint density at radius 2 is 1.31 bits per heavy atom. The van der Waals surface area contributed by atoms with Crippen LogP contribution in [0.25, 0.3) is 18.2 Å². The van der Waals surface area contributed by atoms with Crippen LogP contribution in [-0.4, -0.2) is 34.1 Å². The number of benzene rings is 2. The van der Waals surface area contributed by atoms with Crippen LogP contribution < -0.4 is 0 Å². The van der Waals surface area contributed by atoms with Gasteiger partial charge in [0.15, 0.2) is 0 Å². The number of phenolic OH excluding ortho intramolecular Hbond substituents is 2. The summed E-state index contributed by atoms with van der Waals surface area (Å²) in [5.41, 5.74) is 2.69. The molecule has 4 nitrogen and oxygen atoms in total. The van der Waals surface area contributed by atoms with Gasteiger partial charge in [-0.05, 0) is 54.2 Å². The fraction of sp³-hybridized carbons (Fsp3) is 0.227. The van der Waals surface area contributed by atoms with Crippen LogP contribution in [0.4, 0.5) is 0 Å². The molecule has 1 amide bonds. The molecule has 2 N–H and O–H groups in total. The van der Waals surface area contributed by atoms with Gasteiger partial charge < -0.3 is 15.1 Å². The van der Waals surface area contributed by atoms with Gasteiger partial charge >= 0.3 is 0 Å². The molecule has 0 unspecified atom stereocenters. The molecule has 0 spiro atoms. The number of carbonyl (C=O) groups excluding carboxylic acids is 1. The molecule has 1 heterocycles. The first-order valence-electron chi connectivity index (χ1n) is 8.88. The maximum atomic E-state index is 12.1. The second kappa shape index (κ2) is 8.39. The van der Waals surface area contributed by atoms with Crippen molar-refractivity contribution in [3.05, 3.63) is 65.2 Å². The Labute approximate surface area is 153 Å². The van der Waals surface area contributed by atoms with Crippen LogP contribution in [0.1, 0.15) is 36.0 Å². The van der Waals surface area contributed by atoms with Crippen molar-refractivity contribution in [3.8, 4) is 11.5 Å². The van der Waals surface area contributed by atoms with Crippen molar-refractivity contribution in [1.29, 1.82) is 0 Å². The predicted octanol–water partition coefficient (Wildman–Crippen LogP) is 4.29. The molecule has 1 fully saturated rings. The Bertz CT molecular complexity index is 796. The summed E-state index contributed by atoms with van der Waals surface area (Å²) in [5, 5.41) is 19.0. The normalized spacial score (nSPS) is 15.0. The van der Waals surface area contributed by atoms with Gasteiger partial charge in [0.1, 0.15) is 11.5 Å². The molecule has 0 bridgehead atoms. The summed E-state index contributed by atoms with van der Waals surface area (Å²) < 4.78 is 0. The Morgan fingerprint density at radius 1 is 0.769 bits per heavy atom. The van der Waals surface area contributed by atoms with Crippen LogP contribution >= 0.6 is 0 Å². The second-order valence-electron chi connectivity index (χ2n) is 6.50. The van der Waals surface area contributed by atoms with Gasteiger partial charge in [0, 0.05) is 25.2 Å². The summed E-state index contributed by atoms with van der Waals surface area (Å²) in [4.78, 5) is 14.0. The van der Waals surface area contributed by atoms with Crippen molar-refractivity contribution in [2.45, 2.75) is 19.3 Å². The lowest BCUT2D eigenvalue weighted by Gasteiger charge is -2.25. The number of aromatic hydroxyl groups is 2. The monoisotopic (exact) mass is 349 g/mol. The Balaban J connectivity index is 1.61. The van der Waals surface area contributed by atoms with Crippen LogP contribution in [0.3, 0.4) is 0 Å². The first-order chi connectivity index (χ1) is 12.6. The van der Waals surface area contributed by atoms with Crippen molar-refractivity contribution in [2.24, 2.45) is 0 Å². The molecule has 3 rings (SSSR count). The summed E-state index contributed by atoms with van der Waals surface area (Å²) in [5.74, 6) is 0.143. The van der Waals surface area contributed by atoms with Crippen molar-refractivity contribution < 1.29 is 15.0 Å². The first-order valence-corrected chi connectivity index (χ1v) is 8.88. The molecule has 0 atom stereocenters. The Morgan fingerprint density at radius 3 is 1.92 bits per heavy atom. The van der Waals surface area contributed by atoms with Gasteiger partial charge in [-0.2, -0.15) is 0 Å². The zero-order valence-corrected chi connectivity index (χ0v) is 14.6. The highest BCUT2D eigenvalue weighted by molar-refractivity contribution is 5.91. The number of piperidine rings is 1. The molecule has 2 aromatic rings. The predicted molar refractivity (Wildman–Crippen MR) is 105 cm³/mol. The highest BCUT2D eigenvalue weighted by Crippen LogP contribution is 2.22. The fourth-order valence-corrected chi connectivity index (χ4v) is 3.01. The zero-order chi connectivity index (χ0) is 18.4. The largest absolute Gasteiger partial charge is 0.508 e. The minimum Gasteiger partial charge on any atom is -0.508 e. The number of nitrogens with zero attached hydrogens (tertiary/aromatic N) is 1. The summed E-state index contributed by atoms with van der Waals surface area (Å²) in [6, 6.07) is 12.3. The number of amides is 1. The lowest BCUT2D eigenvalue weighted by molar-refractivity contribution is -0.126. The number of likely N-dealkylation sites (tertiary alicyclic amines) is 1. The van der Waals surface area contributed by atoms with E-state index in [-0.39, 0.29) is 17.4 Å². The van der Waals surface area contributed by atoms with Crippen LogP contribution in [0.15, 0.2) is 48.5 Å². The van der Waals surface area contributed by atoms with Gasteiger partial charge in [-0.15, -0.1) is 0 Å². The molecule has 1 saturated heterocycles. The lowest BCUT2D eigenvalue weighted by Crippen LogP contribution is -2.34. The molecular weight excluding hydrogens is 326 g/mol. The van der Waals surface area contributed by atoms with Gasteiger partial charge in [-0.1, -0.05) is 36.4 Å². The van der Waals surface area contributed by atoms with Gasteiger partial charge in [0.25, 0.3) is 0 Å². The van der Waals surface area contributed by atoms with Crippen molar-refractivity contribution >= 4 is 24.1 Å². The van der Waals surface area contributed by atoms with E-state index in [0.29, 0.717) is 0 Å². The zero-order valence-electron chi connectivity index (χ0n) is 14.6. The lowest BCUT2D eigenvalue weighted by atomic mass is 10.1. The maximum Gasteiger partial charge on any atom is 0.246 e. The average Bonchev–Trinajstić information content (AvgIpc) is 2.65. The molecule has 4 heteroatoms. The van der Waals surface area contributed by atoms with E-state index in [0.717, 1.165) is 42.6 Å². The van der Waals surface area contributed by atoms with E-state index in [9.17, 15) is 15.0 Å². The Hall–Kier alpha value is -3.01. The van der Waals surface area contributed by atoms with Gasteiger partial charge in [0.2, 0.25) is 5.91 Å². The van der Waals surface area contributed by atoms with Crippen LogP contribution in [0.2, 0.25) is 0 Å². The van der Waals surface area contributed by atoms with E-state index >= 15 is 0 Å². The number of carbonyl (C=O) groups is 1. The minimum absolute atomic E-state index is 0.0310. The standard InChI is InChI=1S/C22H23NO3/c24-20-14-19(15-21(25)16-20)9-8-17-4-6-18(7-5-17)10-11-22(26)23-12-2-1-3-13-23/h4-11,14-16,24-25H,1-3,12-13H2/b9-8+,11-10+. The van der Waals surface area contributed by atoms with Gasteiger partial charge in [-0.3, -0.25) is 4.79 Å². The third-order valence-corrected chi connectivity index (χ3v) is 4.42. The second-order valence-corrected chi connectivity index (χ2v) is 6.50. The number of hydrogen-bond donors (Lipinski definition) is 2.